The Morgan fingerprint density at radius 1 is 1.10 bits per heavy atom. The molecule has 0 aliphatic rings. The van der Waals surface area contributed by atoms with E-state index < -0.39 is 54.3 Å². The van der Waals surface area contributed by atoms with E-state index in [1.54, 1.807) is 0 Å². The molecule has 0 atom stereocenters. The third-order valence-corrected chi connectivity index (χ3v) is 3.79. The number of rotatable bonds is 5. The lowest BCUT2D eigenvalue weighted by Gasteiger charge is -2.13. The highest BCUT2D eigenvalue weighted by atomic mass is 32.2. The number of hydrogen-bond donors (Lipinski definition) is 3. The zero-order valence-corrected chi connectivity index (χ0v) is 12.0. The Hall–Kier alpha value is -1.43. The Labute approximate surface area is 115 Å². The molecule has 0 saturated carbocycles. The van der Waals surface area contributed by atoms with Crippen LogP contribution >= 0.6 is 0 Å². The van der Waals surface area contributed by atoms with Gasteiger partial charge in [-0.25, -0.2) is 0 Å². The van der Waals surface area contributed by atoms with Crippen LogP contribution in [0.1, 0.15) is 18.1 Å². The SMILES string of the molecule is CCn1c(O)c(CS(=O)(=O)O)c(CS(=O)(=O)O)cc1=O. The largest absolute Gasteiger partial charge is 0.494 e. The molecule has 0 aromatic carbocycles. The summed E-state index contributed by atoms with van der Waals surface area (Å²) in [5.41, 5.74) is -1.60. The summed E-state index contributed by atoms with van der Waals surface area (Å²) in [7, 11) is -9.11. The van der Waals surface area contributed by atoms with Gasteiger partial charge in [-0.2, -0.15) is 16.8 Å². The Balaban J connectivity index is 3.61. The van der Waals surface area contributed by atoms with Crippen LogP contribution in [-0.4, -0.2) is 35.6 Å². The highest BCUT2D eigenvalue weighted by Gasteiger charge is 2.22. The summed E-state index contributed by atoms with van der Waals surface area (Å²) in [5, 5.41) is 9.82. The van der Waals surface area contributed by atoms with Gasteiger partial charge in [-0.05, 0) is 12.5 Å². The van der Waals surface area contributed by atoms with Crippen molar-refractivity contribution in [3.05, 3.63) is 27.5 Å². The second-order valence-corrected chi connectivity index (χ2v) is 6.91. The minimum atomic E-state index is -4.57. The average molecular weight is 327 g/mol. The average Bonchev–Trinajstić information content (AvgIpc) is 2.21. The van der Waals surface area contributed by atoms with Gasteiger partial charge in [0.25, 0.3) is 25.8 Å². The molecular formula is C9H13NO8S2. The fraction of sp³-hybridized carbons (Fsp3) is 0.444. The molecule has 1 aromatic rings. The second-order valence-electron chi connectivity index (χ2n) is 4.01. The van der Waals surface area contributed by atoms with Gasteiger partial charge in [-0.3, -0.25) is 18.5 Å². The minimum absolute atomic E-state index is 0.00922. The fourth-order valence-corrected chi connectivity index (χ4v) is 3.03. The van der Waals surface area contributed by atoms with Gasteiger partial charge < -0.3 is 5.11 Å². The van der Waals surface area contributed by atoms with Crippen LogP contribution < -0.4 is 5.56 Å². The smallest absolute Gasteiger partial charge is 0.269 e. The standard InChI is InChI=1S/C9H13NO8S2/c1-2-10-8(11)3-6(4-19(13,14)15)7(9(10)12)5-20(16,17)18/h3,12H,2,4-5H2,1H3,(H,13,14,15)(H,16,17,18). The van der Waals surface area contributed by atoms with Crippen molar-refractivity contribution in [1.29, 1.82) is 0 Å². The predicted molar refractivity (Wildman–Crippen MR) is 68.5 cm³/mol. The fourth-order valence-electron chi connectivity index (χ4n) is 1.70. The molecule has 0 bridgehead atoms. The summed E-state index contributed by atoms with van der Waals surface area (Å²) in [5.74, 6) is -2.90. The quantitative estimate of drug-likeness (QED) is 0.603. The van der Waals surface area contributed by atoms with Crippen LogP contribution in [0.15, 0.2) is 10.9 Å². The summed E-state index contributed by atoms with van der Waals surface area (Å²) in [6, 6.07) is 0.789. The van der Waals surface area contributed by atoms with Crippen molar-refractivity contribution in [2.45, 2.75) is 25.0 Å². The van der Waals surface area contributed by atoms with Gasteiger partial charge in [0.05, 0.1) is 0 Å². The van der Waals surface area contributed by atoms with E-state index in [0.717, 1.165) is 10.6 Å². The summed E-state index contributed by atoms with van der Waals surface area (Å²) >= 11 is 0. The van der Waals surface area contributed by atoms with Crippen LogP contribution in [0.25, 0.3) is 0 Å². The van der Waals surface area contributed by atoms with Gasteiger partial charge in [-0.1, -0.05) is 0 Å². The van der Waals surface area contributed by atoms with E-state index in [9.17, 15) is 26.7 Å². The molecule has 0 spiro atoms. The normalized spacial score (nSPS) is 12.6. The first-order valence-electron chi connectivity index (χ1n) is 5.29. The minimum Gasteiger partial charge on any atom is -0.494 e. The summed E-state index contributed by atoms with van der Waals surface area (Å²) in [4.78, 5) is 11.6. The monoisotopic (exact) mass is 327 g/mol. The summed E-state index contributed by atoms with van der Waals surface area (Å²) in [6.07, 6.45) is 0. The van der Waals surface area contributed by atoms with E-state index in [4.69, 9.17) is 9.11 Å². The Kier molecular flexibility index (Phi) is 4.59. The number of hydrogen-bond acceptors (Lipinski definition) is 6. The number of aromatic hydroxyl groups is 1. The van der Waals surface area contributed by atoms with Crippen LogP contribution in [0.5, 0.6) is 5.88 Å². The van der Waals surface area contributed by atoms with E-state index in [-0.39, 0.29) is 6.54 Å². The zero-order valence-electron chi connectivity index (χ0n) is 10.3. The Morgan fingerprint density at radius 2 is 1.60 bits per heavy atom. The Bertz CT molecular complexity index is 775. The van der Waals surface area contributed by atoms with E-state index >= 15 is 0 Å². The van der Waals surface area contributed by atoms with Crippen molar-refractivity contribution in [3.8, 4) is 5.88 Å². The molecule has 0 fully saturated rings. The molecule has 3 N–H and O–H groups in total. The number of nitrogens with zero attached hydrogens (tertiary/aromatic N) is 1. The van der Waals surface area contributed by atoms with E-state index in [1.165, 1.54) is 6.92 Å². The van der Waals surface area contributed by atoms with Crippen molar-refractivity contribution < 1.29 is 31.0 Å². The summed E-state index contributed by atoms with van der Waals surface area (Å²) < 4.78 is 61.9. The van der Waals surface area contributed by atoms with Gasteiger partial charge in [0.2, 0.25) is 0 Å². The lowest BCUT2D eigenvalue weighted by atomic mass is 10.1. The molecule has 1 rings (SSSR count). The van der Waals surface area contributed by atoms with Crippen LogP contribution in [0.2, 0.25) is 0 Å². The second kappa shape index (κ2) is 5.52. The lowest BCUT2D eigenvalue weighted by Crippen LogP contribution is -2.23. The van der Waals surface area contributed by atoms with E-state index in [2.05, 4.69) is 0 Å². The van der Waals surface area contributed by atoms with Gasteiger partial charge in [0, 0.05) is 18.2 Å². The van der Waals surface area contributed by atoms with E-state index in [1.807, 2.05) is 0 Å². The molecule has 0 amide bonds. The first-order valence-corrected chi connectivity index (χ1v) is 8.51. The molecule has 114 valence electrons. The maximum Gasteiger partial charge on any atom is 0.269 e. The maximum atomic E-state index is 11.6. The molecule has 0 radical (unpaired) electrons. The lowest BCUT2D eigenvalue weighted by molar-refractivity contribution is 0.403. The molecule has 9 nitrogen and oxygen atoms in total. The maximum absolute atomic E-state index is 11.6. The topological polar surface area (TPSA) is 151 Å². The molecule has 0 unspecified atom stereocenters. The molecule has 0 aliphatic carbocycles. The number of pyridine rings is 1. The summed E-state index contributed by atoms with van der Waals surface area (Å²) in [6.45, 7) is 1.51. The molecule has 1 heterocycles. The molecule has 1 aromatic heterocycles. The van der Waals surface area contributed by atoms with Crippen LogP contribution in [0.3, 0.4) is 0 Å². The third kappa shape index (κ3) is 4.30. The molecule has 0 aliphatic heterocycles. The first-order chi connectivity index (χ1) is 8.94. The molecule has 11 heteroatoms. The van der Waals surface area contributed by atoms with Gasteiger partial charge >= 0.3 is 0 Å². The highest BCUT2D eigenvalue weighted by Crippen LogP contribution is 2.23. The van der Waals surface area contributed by atoms with E-state index in [0.29, 0.717) is 0 Å². The van der Waals surface area contributed by atoms with Gasteiger partial charge in [-0.15, -0.1) is 0 Å². The molecule has 20 heavy (non-hydrogen) atoms. The van der Waals surface area contributed by atoms with Crippen molar-refractivity contribution in [2.75, 3.05) is 0 Å². The molecule has 0 saturated heterocycles. The molecular weight excluding hydrogens is 314 g/mol. The third-order valence-electron chi connectivity index (χ3n) is 2.46. The van der Waals surface area contributed by atoms with Crippen molar-refractivity contribution in [1.82, 2.24) is 4.57 Å². The predicted octanol–water partition coefficient (Wildman–Crippen LogP) is -0.651. The van der Waals surface area contributed by atoms with Crippen molar-refractivity contribution >= 4 is 20.2 Å². The highest BCUT2D eigenvalue weighted by molar-refractivity contribution is 7.85. The van der Waals surface area contributed by atoms with Crippen LogP contribution in [-0.2, 0) is 38.3 Å². The zero-order chi connectivity index (χ0) is 15.7. The van der Waals surface area contributed by atoms with Gasteiger partial charge in [0.1, 0.15) is 11.5 Å². The van der Waals surface area contributed by atoms with Crippen molar-refractivity contribution in [3.63, 3.8) is 0 Å². The Morgan fingerprint density at radius 3 is 2.00 bits per heavy atom. The first kappa shape index (κ1) is 16.6. The van der Waals surface area contributed by atoms with Crippen molar-refractivity contribution in [2.24, 2.45) is 0 Å². The van der Waals surface area contributed by atoms with Gasteiger partial charge in [0.15, 0.2) is 5.88 Å². The van der Waals surface area contributed by atoms with Crippen LogP contribution in [0, 0.1) is 0 Å². The van der Waals surface area contributed by atoms with Crippen LogP contribution in [0.4, 0.5) is 0 Å². The number of aromatic nitrogens is 1.